The molecule has 3 aliphatic carbocycles. The molecular weight excluding hydrogens is 520 g/mol. The van der Waals surface area contributed by atoms with Crippen LogP contribution in [0, 0.1) is 11.8 Å². The molecule has 0 unspecified atom stereocenters. The first kappa shape index (κ1) is 27.2. The lowest BCUT2D eigenvalue weighted by atomic mass is 9.59. The summed E-state index contributed by atoms with van der Waals surface area (Å²) in [6, 6.07) is 5.24. The summed E-state index contributed by atoms with van der Waals surface area (Å²) in [5.74, 6) is -6.52. The molecule has 2 aromatic rings. The third-order valence-corrected chi connectivity index (χ3v) is 8.13. The molecule has 12 nitrogen and oxygen atoms in total. The maximum atomic E-state index is 13.7. The van der Waals surface area contributed by atoms with Crippen LogP contribution in [0.4, 0.5) is 5.69 Å². The summed E-state index contributed by atoms with van der Waals surface area (Å²) in [6.45, 7) is 0.622. The second-order valence-electron chi connectivity index (χ2n) is 10.7. The Morgan fingerprint density at radius 2 is 1.82 bits per heavy atom. The topological polar surface area (TPSA) is 198 Å². The van der Waals surface area contributed by atoms with E-state index in [1.165, 1.54) is 12.4 Å². The van der Waals surface area contributed by atoms with Gasteiger partial charge in [-0.15, -0.1) is 0 Å². The number of carbonyl (C=O) groups excluding carboxylic acids is 3. The van der Waals surface area contributed by atoms with E-state index >= 15 is 0 Å². The van der Waals surface area contributed by atoms with Crippen LogP contribution in [0.25, 0.3) is 5.76 Å². The summed E-state index contributed by atoms with van der Waals surface area (Å²) in [5.41, 5.74) is 4.34. The molecule has 0 radical (unpaired) electrons. The second-order valence-corrected chi connectivity index (χ2v) is 10.7. The maximum Gasteiger partial charge on any atom is 0.255 e. The van der Waals surface area contributed by atoms with Gasteiger partial charge in [0.1, 0.15) is 22.8 Å². The summed E-state index contributed by atoms with van der Waals surface area (Å²) in [5, 5.41) is 57.5. The summed E-state index contributed by atoms with van der Waals surface area (Å²) >= 11 is 0. The minimum absolute atomic E-state index is 0.0520. The number of pyridine rings is 1. The third-order valence-electron chi connectivity index (χ3n) is 8.13. The molecule has 0 saturated heterocycles. The Labute approximate surface area is 229 Å². The van der Waals surface area contributed by atoms with Gasteiger partial charge in [0.2, 0.25) is 18.2 Å². The highest BCUT2D eigenvalue weighted by molar-refractivity contribution is 6.22. The van der Waals surface area contributed by atoms with Gasteiger partial charge in [-0.2, -0.15) is 0 Å². The minimum Gasteiger partial charge on any atom is -0.508 e. The first-order valence-electron chi connectivity index (χ1n) is 12.8. The van der Waals surface area contributed by atoms with Gasteiger partial charge in [-0.05, 0) is 36.0 Å². The number of nitrogens with zero attached hydrogens (tertiary/aromatic N) is 2. The number of aliphatic hydroxyl groups is 3. The fraction of sp³-hybridized carbons (Fsp3) is 0.357. The molecule has 8 N–H and O–H groups in total. The zero-order valence-corrected chi connectivity index (χ0v) is 22.0. The lowest BCUT2D eigenvalue weighted by Crippen LogP contribution is -2.58. The van der Waals surface area contributed by atoms with Crippen molar-refractivity contribution in [3.05, 3.63) is 69.8 Å². The van der Waals surface area contributed by atoms with E-state index in [2.05, 4.69) is 5.32 Å². The molecule has 3 atom stereocenters. The van der Waals surface area contributed by atoms with Crippen LogP contribution >= 0.6 is 0 Å². The second kappa shape index (κ2) is 9.65. The van der Waals surface area contributed by atoms with E-state index in [9.17, 15) is 40.0 Å². The SMILES string of the molecule is CN(C)c1cc(CNCc2cc[n+](O)cc2)c(O)c2c1C[C@H]1C[C@H]3CC(=O)C(C(N)=O)=C(O)[C@@]3(O)C(=O)C1=C2O. The number of fused-ring (bicyclic) bond motifs is 3. The van der Waals surface area contributed by atoms with Crippen LogP contribution < -0.4 is 20.7 Å². The van der Waals surface area contributed by atoms with Crippen molar-refractivity contribution in [3.63, 3.8) is 0 Å². The van der Waals surface area contributed by atoms with Crippen LogP contribution in [0.1, 0.15) is 35.1 Å². The van der Waals surface area contributed by atoms with Crippen LogP contribution in [-0.4, -0.2) is 62.8 Å². The number of hydrogen-bond acceptors (Lipinski definition) is 10. The number of phenolic OH excluding ortho intramolecular Hbond substituents is 1. The number of nitrogens with one attached hydrogen (secondary N) is 1. The van der Waals surface area contributed by atoms with Crippen molar-refractivity contribution < 1.29 is 44.7 Å². The van der Waals surface area contributed by atoms with Crippen molar-refractivity contribution in [3.8, 4) is 5.75 Å². The first-order valence-corrected chi connectivity index (χ1v) is 12.8. The minimum atomic E-state index is -2.60. The van der Waals surface area contributed by atoms with Gasteiger partial charge in [-0.3, -0.25) is 19.6 Å². The molecule has 1 saturated carbocycles. The number of rotatable bonds is 6. The van der Waals surface area contributed by atoms with Crippen LogP contribution in [0.3, 0.4) is 0 Å². The molecule has 1 aromatic carbocycles. The average Bonchev–Trinajstić information content (AvgIpc) is 2.88. The van der Waals surface area contributed by atoms with Crippen LogP contribution in [-0.2, 0) is 33.9 Å². The van der Waals surface area contributed by atoms with Gasteiger partial charge in [0.15, 0.2) is 11.4 Å². The highest BCUT2D eigenvalue weighted by Crippen LogP contribution is 2.53. The predicted molar refractivity (Wildman–Crippen MR) is 140 cm³/mol. The number of aromatic nitrogens is 1. The Bertz CT molecular complexity index is 1510. The third kappa shape index (κ3) is 4.07. The average molecular weight is 552 g/mol. The smallest absolute Gasteiger partial charge is 0.255 e. The number of aromatic hydroxyl groups is 1. The zero-order chi connectivity index (χ0) is 29.1. The van der Waals surface area contributed by atoms with Crippen molar-refractivity contribution in [1.82, 2.24) is 5.32 Å². The molecule has 40 heavy (non-hydrogen) atoms. The van der Waals surface area contributed by atoms with E-state index in [-0.39, 0.29) is 42.7 Å². The highest BCUT2D eigenvalue weighted by Gasteiger charge is 2.60. The van der Waals surface area contributed by atoms with E-state index < -0.39 is 52.0 Å². The van der Waals surface area contributed by atoms with Gasteiger partial charge in [0.25, 0.3) is 5.91 Å². The lowest BCUT2D eigenvalue weighted by molar-refractivity contribution is -0.904. The highest BCUT2D eigenvalue weighted by atomic mass is 16.5. The number of ketones is 2. The van der Waals surface area contributed by atoms with Gasteiger partial charge in [-0.25, -0.2) is 0 Å². The number of hydrogen-bond donors (Lipinski definition) is 7. The summed E-state index contributed by atoms with van der Waals surface area (Å²) < 4.78 is 0.923. The van der Waals surface area contributed by atoms with Gasteiger partial charge in [0, 0.05) is 73.2 Å². The number of amides is 1. The van der Waals surface area contributed by atoms with E-state index in [0.717, 1.165) is 10.3 Å². The Balaban J connectivity index is 1.57. The number of primary amides is 1. The molecule has 1 aromatic heterocycles. The van der Waals surface area contributed by atoms with Gasteiger partial charge < -0.3 is 36.4 Å². The van der Waals surface area contributed by atoms with Gasteiger partial charge in [-0.1, -0.05) is 0 Å². The molecule has 0 bridgehead atoms. The molecule has 5 rings (SSSR count). The van der Waals surface area contributed by atoms with E-state index in [0.29, 0.717) is 23.4 Å². The van der Waals surface area contributed by atoms with Crippen LogP contribution in [0.2, 0.25) is 0 Å². The predicted octanol–water partition coefficient (Wildman–Crippen LogP) is 0.305. The Morgan fingerprint density at radius 1 is 1.15 bits per heavy atom. The van der Waals surface area contributed by atoms with E-state index in [1.54, 1.807) is 18.2 Å². The number of carbonyl (C=O) groups is 3. The van der Waals surface area contributed by atoms with Crippen molar-refractivity contribution in [1.29, 1.82) is 0 Å². The molecule has 1 amide bonds. The van der Waals surface area contributed by atoms with Crippen molar-refractivity contribution in [2.45, 2.75) is 38.0 Å². The molecule has 0 spiro atoms. The molecule has 0 aliphatic heterocycles. The Kier molecular flexibility index (Phi) is 6.55. The first-order chi connectivity index (χ1) is 18.9. The fourth-order valence-corrected chi connectivity index (χ4v) is 6.17. The lowest BCUT2D eigenvalue weighted by Gasteiger charge is -2.46. The maximum absolute atomic E-state index is 13.7. The van der Waals surface area contributed by atoms with E-state index in [4.69, 9.17) is 5.73 Å². The number of anilines is 1. The van der Waals surface area contributed by atoms with Crippen LogP contribution in [0.5, 0.6) is 5.75 Å². The standard InChI is InChI=1S/C28H30N4O8/c1-31(2)18-9-15(12-30-11-13-3-5-32(40)6-4-13)23(34)21-17(18)8-14-7-16-10-19(33)22(27(29)38)26(37)28(16,39)25(36)20(14)24(21)35/h3-6,9,14,16,30,39H,7-8,10-12H2,1-2H3,(H5-,29,33,34,35,36,37,38,40)/p+1/t14-,16+,28+/m1/s1. The molecule has 1 fully saturated rings. The van der Waals surface area contributed by atoms with Crippen molar-refractivity contribution in [2.24, 2.45) is 17.6 Å². The number of nitrogens with two attached hydrogens (primary N) is 1. The molecule has 3 aliphatic rings. The molecular formula is C28H31N4O8+. The number of Topliss-reactive ketones (excluding diaryl/α,β-unsaturated/α-hetero) is 2. The summed E-state index contributed by atoms with van der Waals surface area (Å²) in [4.78, 5) is 39.9. The number of benzene rings is 1. The monoisotopic (exact) mass is 551 g/mol. The molecule has 210 valence electrons. The van der Waals surface area contributed by atoms with Gasteiger partial charge in [0.05, 0.1) is 5.56 Å². The van der Waals surface area contributed by atoms with Gasteiger partial charge >= 0.3 is 0 Å². The fourth-order valence-electron chi connectivity index (χ4n) is 6.17. The molecule has 12 heteroatoms. The zero-order valence-electron chi connectivity index (χ0n) is 22.0. The quantitative estimate of drug-likeness (QED) is 0.149. The Hall–Kier alpha value is -4.42. The largest absolute Gasteiger partial charge is 0.508 e. The molecule has 1 heterocycles. The normalized spacial score (nSPS) is 24.0. The number of aliphatic hydroxyl groups excluding tert-OH is 2. The van der Waals surface area contributed by atoms with Crippen molar-refractivity contribution in [2.75, 3.05) is 19.0 Å². The number of phenols is 1. The van der Waals surface area contributed by atoms with Crippen molar-refractivity contribution >= 4 is 28.9 Å². The van der Waals surface area contributed by atoms with E-state index in [1.807, 2.05) is 19.0 Å². The Morgan fingerprint density at radius 3 is 2.45 bits per heavy atom. The summed E-state index contributed by atoms with van der Waals surface area (Å²) in [7, 11) is 3.63. The van der Waals surface area contributed by atoms with Crippen LogP contribution in [0.15, 0.2) is 47.5 Å². The summed E-state index contributed by atoms with van der Waals surface area (Å²) in [6.07, 6.45) is 2.91.